The highest BCUT2D eigenvalue weighted by Gasteiger charge is 2.39. The van der Waals surface area contributed by atoms with Gasteiger partial charge in [0.1, 0.15) is 11.5 Å². The van der Waals surface area contributed by atoms with Crippen molar-refractivity contribution in [2.24, 2.45) is 5.92 Å². The van der Waals surface area contributed by atoms with E-state index >= 15 is 0 Å². The SMILES string of the molecule is CC(C)[C@@H]1c2c(Cl)c(O)cc(Cl)c2O[C@H]1O. The van der Waals surface area contributed by atoms with Crippen molar-refractivity contribution >= 4 is 23.2 Å². The van der Waals surface area contributed by atoms with Crippen LogP contribution in [0.4, 0.5) is 0 Å². The first-order chi connectivity index (χ1) is 7.43. The number of hydrogen-bond acceptors (Lipinski definition) is 3. The summed E-state index contributed by atoms with van der Waals surface area (Å²) >= 11 is 11.9. The number of aliphatic hydroxyl groups is 1. The summed E-state index contributed by atoms with van der Waals surface area (Å²) in [7, 11) is 0. The third-order valence-corrected chi connectivity index (χ3v) is 3.46. The number of ether oxygens (including phenoxy) is 1. The van der Waals surface area contributed by atoms with Crippen molar-refractivity contribution in [3.63, 3.8) is 0 Å². The van der Waals surface area contributed by atoms with Gasteiger partial charge in [0.2, 0.25) is 6.29 Å². The van der Waals surface area contributed by atoms with Gasteiger partial charge in [0.25, 0.3) is 0 Å². The van der Waals surface area contributed by atoms with Gasteiger partial charge in [0, 0.05) is 11.6 Å². The molecule has 2 atom stereocenters. The molecule has 3 nitrogen and oxygen atoms in total. The van der Waals surface area contributed by atoms with Crippen molar-refractivity contribution in [1.82, 2.24) is 0 Å². The molecule has 2 N–H and O–H groups in total. The third kappa shape index (κ3) is 1.63. The molecule has 0 amide bonds. The van der Waals surface area contributed by atoms with Crippen LogP contribution in [0.15, 0.2) is 6.07 Å². The lowest BCUT2D eigenvalue weighted by atomic mass is 9.89. The van der Waals surface area contributed by atoms with Crippen LogP contribution in [-0.4, -0.2) is 16.5 Å². The molecule has 0 fully saturated rings. The molecule has 0 saturated heterocycles. The number of benzene rings is 1. The number of phenols is 1. The molecule has 1 aromatic carbocycles. The zero-order chi connectivity index (χ0) is 12.0. The van der Waals surface area contributed by atoms with Crippen molar-refractivity contribution in [2.75, 3.05) is 0 Å². The van der Waals surface area contributed by atoms with Crippen LogP contribution in [0, 0.1) is 5.92 Å². The molecule has 0 saturated carbocycles. The number of aromatic hydroxyl groups is 1. The van der Waals surface area contributed by atoms with Crippen LogP contribution in [0.2, 0.25) is 10.0 Å². The summed E-state index contributed by atoms with van der Waals surface area (Å²) in [6.45, 7) is 3.89. The third-order valence-electron chi connectivity index (χ3n) is 2.78. The monoisotopic (exact) mass is 262 g/mol. The minimum Gasteiger partial charge on any atom is -0.506 e. The maximum absolute atomic E-state index is 9.80. The molecular formula is C11H12Cl2O3. The molecule has 1 aliphatic rings. The molecule has 5 heteroatoms. The Balaban J connectivity index is 2.64. The molecule has 0 bridgehead atoms. The van der Waals surface area contributed by atoms with E-state index in [4.69, 9.17) is 27.9 Å². The predicted molar refractivity (Wildman–Crippen MR) is 62.3 cm³/mol. The van der Waals surface area contributed by atoms with Gasteiger partial charge in [-0.2, -0.15) is 0 Å². The van der Waals surface area contributed by atoms with E-state index in [2.05, 4.69) is 0 Å². The standard InChI is InChI=1S/C11H12Cl2O3/c1-4(2)7-8-9(13)6(14)3-5(12)10(8)16-11(7)15/h3-4,7,11,14-15H,1-2H3/t7-,11-/m1/s1. The van der Waals surface area contributed by atoms with E-state index in [1.54, 1.807) is 0 Å². The van der Waals surface area contributed by atoms with E-state index in [9.17, 15) is 10.2 Å². The van der Waals surface area contributed by atoms with E-state index in [1.807, 2.05) is 13.8 Å². The van der Waals surface area contributed by atoms with E-state index < -0.39 is 6.29 Å². The summed E-state index contributed by atoms with van der Waals surface area (Å²) in [5, 5.41) is 19.9. The highest BCUT2D eigenvalue weighted by atomic mass is 35.5. The van der Waals surface area contributed by atoms with E-state index in [1.165, 1.54) is 6.07 Å². The Labute approximate surface area is 104 Å². The van der Waals surface area contributed by atoms with Crippen molar-refractivity contribution in [3.8, 4) is 11.5 Å². The summed E-state index contributed by atoms with van der Waals surface area (Å²) in [5.74, 6) is 0.142. The minimum absolute atomic E-state index is 0.0891. The second-order valence-electron chi connectivity index (χ2n) is 4.21. The Morgan fingerprint density at radius 1 is 1.38 bits per heavy atom. The zero-order valence-electron chi connectivity index (χ0n) is 8.87. The molecule has 88 valence electrons. The molecule has 0 aliphatic carbocycles. The Hall–Kier alpha value is -0.640. The molecule has 0 aromatic heterocycles. The van der Waals surface area contributed by atoms with Crippen LogP contribution in [0.1, 0.15) is 25.3 Å². The normalized spacial score (nSPS) is 23.4. The van der Waals surface area contributed by atoms with E-state index in [0.29, 0.717) is 11.3 Å². The van der Waals surface area contributed by atoms with Crippen LogP contribution in [0.25, 0.3) is 0 Å². The topological polar surface area (TPSA) is 49.7 Å². The molecule has 0 spiro atoms. The average molecular weight is 263 g/mol. The summed E-state index contributed by atoms with van der Waals surface area (Å²) in [4.78, 5) is 0. The van der Waals surface area contributed by atoms with Crippen LogP contribution in [0.5, 0.6) is 11.5 Å². The molecule has 1 aromatic rings. The number of halogens is 2. The molecule has 0 radical (unpaired) electrons. The Morgan fingerprint density at radius 2 is 2.00 bits per heavy atom. The van der Waals surface area contributed by atoms with Crippen molar-refractivity contribution in [1.29, 1.82) is 0 Å². The van der Waals surface area contributed by atoms with Crippen molar-refractivity contribution < 1.29 is 14.9 Å². The van der Waals surface area contributed by atoms with Crippen LogP contribution in [0.3, 0.4) is 0 Å². The van der Waals surface area contributed by atoms with Gasteiger partial charge in [-0.1, -0.05) is 37.0 Å². The fraction of sp³-hybridized carbons (Fsp3) is 0.455. The molecule has 0 unspecified atom stereocenters. The van der Waals surface area contributed by atoms with E-state index in [0.717, 1.165) is 0 Å². The van der Waals surface area contributed by atoms with Gasteiger partial charge in [-0.15, -0.1) is 0 Å². The second-order valence-corrected chi connectivity index (χ2v) is 5.00. The molecule has 2 rings (SSSR count). The van der Waals surface area contributed by atoms with Gasteiger partial charge in [0.15, 0.2) is 0 Å². The van der Waals surface area contributed by atoms with Crippen molar-refractivity contribution in [2.45, 2.75) is 26.1 Å². The number of phenolic OH excluding ortho intramolecular Hbond substituents is 1. The quantitative estimate of drug-likeness (QED) is 0.818. The number of fused-ring (bicyclic) bond motifs is 1. The predicted octanol–water partition coefficient (Wildman–Crippen LogP) is 3.15. The van der Waals surface area contributed by atoms with Crippen LogP contribution < -0.4 is 4.74 Å². The van der Waals surface area contributed by atoms with Gasteiger partial charge in [-0.25, -0.2) is 0 Å². The summed E-state index contributed by atoms with van der Waals surface area (Å²) in [5.41, 5.74) is 0.592. The number of aliphatic hydroxyl groups excluding tert-OH is 1. The highest BCUT2D eigenvalue weighted by Crippen LogP contribution is 2.51. The summed E-state index contributed by atoms with van der Waals surface area (Å²) in [6.07, 6.45) is -0.966. The first kappa shape index (κ1) is 11.8. The van der Waals surface area contributed by atoms with Gasteiger partial charge in [-0.05, 0) is 5.92 Å². The molecule has 16 heavy (non-hydrogen) atoms. The molecular weight excluding hydrogens is 251 g/mol. The highest BCUT2D eigenvalue weighted by molar-refractivity contribution is 6.36. The van der Waals surface area contributed by atoms with Crippen LogP contribution in [-0.2, 0) is 0 Å². The zero-order valence-corrected chi connectivity index (χ0v) is 10.4. The fourth-order valence-corrected chi connectivity index (χ4v) is 2.55. The smallest absolute Gasteiger partial charge is 0.204 e. The van der Waals surface area contributed by atoms with Gasteiger partial charge >= 0.3 is 0 Å². The Bertz CT molecular complexity index is 432. The maximum atomic E-state index is 9.80. The van der Waals surface area contributed by atoms with E-state index in [-0.39, 0.29) is 27.6 Å². The lowest BCUT2D eigenvalue weighted by Crippen LogP contribution is -2.21. The second kappa shape index (κ2) is 3.99. The average Bonchev–Trinajstić information content (AvgIpc) is 2.53. The fourth-order valence-electron chi connectivity index (χ4n) is 2.03. The lowest BCUT2D eigenvalue weighted by Gasteiger charge is -2.18. The summed E-state index contributed by atoms with van der Waals surface area (Å²) in [6, 6.07) is 1.32. The Kier molecular flexibility index (Phi) is 2.95. The van der Waals surface area contributed by atoms with Crippen molar-refractivity contribution in [3.05, 3.63) is 21.7 Å². The Morgan fingerprint density at radius 3 is 2.56 bits per heavy atom. The number of rotatable bonds is 1. The van der Waals surface area contributed by atoms with Gasteiger partial charge in [0.05, 0.1) is 16.0 Å². The van der Waals surface area contributed by atoms with Gasteiger partial charge in [-0.3, -0.25) is 0 Å². The maximum Gasteiger partial charge on any atom is 0.204 e. The summed E-state index contributed by atoms with van der Waals surface area (Å²) < 4.78 is 5.28. The minimum atomic E-state index is -0.966. The largest absolute Gasteiger partial charge is 0.506 e. The molecule has 1 aliphatic heterocycles. The van der Waals surface area contributed by atoms with Gasteiger partial charge < -0.3 is 14.9 Å². The number of hydrogen-bond donors (Lipinski definition) is 2. The first-order valence-corrected chi connectivity index (χ1v) is 5.74. The lowest BCUT2D eigenvalue weighted by molar-refractivity contribution is -0.0279. The molecule has 1 heterocycles. The first-order valence-electron chi connectivity index (χ1n) is 4.99. The van der Waals surface area contributed by atoms with Crippen LogP contribution >= 0.6 is 23.2 Å².